The number of hydrogen-bond donors (Lipinski definition) is 0. The summed E-state index contributed by atoms with van der Waals surface area (Å²) in [5, 5.41) is 8.33. The second-order valence-electron chi connectivity index (χ2n) is 6.13. The minimum atomic E-state index is 0.421. The number of benzene rings is 1. The smallest absolute Gasteiger partial charge is 0.257 e. The van der Waals surface area contributed by atoms with E-state index < -0.39 is 0 Å². The second-order valence-corrected chi connectivity index (χ2v) is 6.13. The lowest BCUT2D eigenvalue weighted by atomic mass is 10.2. The quantitative estimate of drug-likeness (QED) is 0.679. The topological polar surface area (TPSA) is 82.1 Å². The van der Waals surface area contributed by atoms with Gasteiger partial charge in [0.25, 0.3) is 5.89 Å². The summed E-state index contributed by atoms with van der Waals surface area (Å²) in [6, 6.07) is 8.02. The zero-order valence-electron chi connectivity index (χ0n) is 14.1. The maximum absolute atomic E-state index is 5.42. The minimum Gasteiger partial charge on any atom is -0.497 e. The van der Waals surface area contributed by atoms with Crippen LogP contribution in [-0.2, 0) is 13.1 Å². The molecule has 1 aliphatic heterocycles. The molecular weight excluding hydrogens is 320 g/mol. The molecule has 1 aromatic carbocycles. The molecule has 0 radical (unpaired) electrons. The van der Waals surface area contributed by atoms with Crippen molar-refractivity contribution in [1.82, 2.24) is 29.8 Å². The molecule has 0 aliphatic carbocycles. The molecule has 1 atom stereocenters. The van der Waals surface area contributed by atoms with Gasteiger partial charge < -0.3 is 9.26 Å². The van der Waals surface area contributed by atoms with Crippen LogP contribution in [0.4, 0.5) is 0 Å². The molecule has 3 heterocycles. The van der Waals surface area contributed by atoms with Crippen LogP contribution in [0, 0.1) is 0 Å². The summed E-state index contributed by atoms with van der Waals surface area (Å²) >= 11 is 0. The summed E-state index contributed by atoms with van der Waals surface area (Å²) in [6.07, 6.45) is 5.64. The maximum Gasteiger partial charge on any atom is 0.257 e. The summed E-state index contributed by atoms with van der Waals surface area (Å²) in [4.78, 5) is 10.9. The second kappa shape index (κ2) is 7.02. The molecule has 0 spiro atoms. The van der Waals surface area contributed by atoms with E-state index in [0.29, 0.717) is 24.3 Å². The Morgan fingerprint density at radius 2 is 2.16 bits per heavy atom. The Morgan fingerprint density at radius 3 is 2.92 bits per heavy atom. The number of hydrogen-bond acceptors (Lipinski definition) is 7. The van der Waals surface area contributed by atoms with Crippen LogP contribution in [0.2, 0.25) is 0 Å². The van der Waals surface area contributed by atoms with Gasteiger partial charge in [-0.15, -0.1) is 0 Å². The van der Waals surface area contributed by atoms with Crippen LogP contribution >= 0.6 is 0 Å². The van der Waals surface area contributed by atoms with E-state index in [0.717, 1.165) is 30.8 Å². The van der Waals surface area contributed by atoms with E-state index in [4.69, 9.17) is 9.26 Å². The highest BCUT2D eigenvalue weighted by Gasteiger charge is 2.26. The molecule has 0 amide bonds. The van der Waals surface area contributed by atoms with Crippen LogP contribution in [0.25, 0.3) is 11.5 Å². The monoisotopic (exact) mass is 340 g/mol. The van der Waals surface area contributed by atoms with Gasteiger partial charge in [0.1, 0.15) is 18.4 Å². The van der Waals surface area contributed by atoms with Crippen LogP contribution in [0.15, 0.2) is 41.4 Å². The molecule has 0 N–H and O–H groups in total. The fourth-order valence-electron chi connectivity index (χ4n) is 3.20. The van der Waals surface area contributed by atoms with Crippen LogP contribution in [0.3, 0.4) is 0 Å². The average molecular weight is 340 g/mol. The zero-order chi connectivity index (χ0) is 17.1. The molecule has 25 heavy (non-hydrogen) atoms. The lowest BCUT2D eigenvalue weighted by Gasteiger charge is -2.22. The van der Waals surface area contributed by atoms with Gasteiger partial charge in [-0.05, 0) is 43.7 Å². The van der Waals surface area contributed by atoms with Crippen LogP contribution < -0.4 is 4.74 Å². The number of methoxy groups -OCH3 is 1. The summed E-state index contributed by atoms with van der Waals surface area (Å²) in [7, 11) is 1.64. The van der Waals surface area contributed by atoms with Gasteiger partial charge in [0, 0.05) is 11.6 Å². The molecule has 1 saturated heterocycles. The molecule has 1 aliphatic rings. The molecule has 4 rings (SSSR count). The van der Waals surface area contributed by atoms with Gasteiger partial charge in [0.05, 0.1) is 20.2 Å². The van der Waals surface area contributed by atoms with Crippen molar-refractivity contribution < 1.29 is 9.26 Å². The summed E-state index contributed by atoms with van der Waals surface area (Å²) in [6.45, 7) is 2.55. The molecule has 8 heteroatoms. The van der Waals surface area contributed by atoms with Crippen molar-refractivity contribution in [3.8, 4) is 17.2 Å². The Balaban J connectivity index is 1.43. The highest BCUT2D eigenvalue weighted by Crippen LogP contribution is 2.23. The van der Waals surface area contributed by atoms with Crippen molar-refractivity contribution in [3.63, 3.8) is 0 Å². The number of rotatable bonds is 6. The lowest BCUT2D eigenvalue weighted by molar-refractivity contribution is 0.211. The first-order chi connectivity index (χ1) is 12.3. The van der Waals surface area contributed by atoms with Crippen molar-refractivity contribution in [3.05, 3.63) is 42.7 Å². The number of likely N-dealkylation sites (tertiary alicyclic amines) is 1. The van der Waals surface area contributed by atoms with Crippen molar-refractivity contribution in [2.75, 3.05) is 13.7 Å². The third-order valence-corrected chi connectivity index (χ3v) is 4.51. The normalized spacial score (nSPS) is 17.9. The van der Waals surface area contributed by atoms with E-state index in [1.165, 1.54) is 6.42 Å². The number of nitrogens with zero attached hydrogens (tertiary/aromatic N) is 6. The predicted molar refractivity (Wildman–Crippen MR) is 89.7 cm³/mol. The van der Waals surface area contributed by atoms with E-state index in [1.54, 1.807) is 19.8 Å². The molecule has 1 fully saturated rings. The SMILES string of the molecule is COc1ccc(-c2nc(CN3CCC[C@@H]3Cn3cncn3)no2)cc1. The fourth-order valence-corrected chi connectivity index (χ4v) is 3.20. The third kappa shape index (κ3) is 3.53. The van der Waals surface area contributed by atoms with Gasteiger partial charge >= 0.3 is 0 Å². The van der Waals surface area contributed by atoms with Gasteiger partial charge in [-0.2, -0.15) is 10.1 Å². The van der Waals surface area contributed by atoms with Crippen LogP contribution in [0.5, 0.6) is 5.75 Å². The van der Waals surface area contributed by atoms with Crippen molar-refractivity contribution in [2.45, 2.75) is 32.0 Å². The molecule has 3 aromatic rings. The minimum absolute atomic E-state index is 0.421. The van der Waals surface area contributed by atoms with Crippen molar-refractivity contribution in [1.29, 1.82) is 0 Å². The van der Waals surface area contributed by atoms with E-state index >= 15 is 0 Å². The standard InChI is InChI=1S/C17H20N6O2/c1-24-15-6-4-13(5-7-15)17-20-16(21-25-17)10-22-8-2-3-14(22)9-23-12-18-11-19-23/h4-7,11-12,14H,2-3,8-10H2,1H3/t14-/m1/s1. The van der Waals surface area contributed by atoms with Gasteiger partial charge in [0.15, 0.2) is 5.82 Å². The molecule has 0 unspecified atom stereocenters. The first-order valence-corrected chi connectivity index (χ1v) is 8.35. The first-order valence-electron chi connectivity index (χ1n) is 8.35. The Bertz CT molecular complexity index is 799. The van der Waals surface area contributed by atoms with Gasteiger partial charge in [-0.1, -0.05) is 5.16 Å². The van der Waals surface area contributed by atoms with Crippen molar-refractivity contribution >= 4 is 0 Å². The highest BCUT2D eigenvalue weighted by atomic mass is 16.5. The Morgan fingerprint density at radius 1 is 1.28 bits per heavy atom. The van der Waals surface area contributed by atoms with E-state index in [1.807, 2.05) is 28.9 Å². The Kier molecular flexibility index (Phi) is 4.43. The molecule has 8 nitrogen and oxygen atoms in total. The summed E-state index contributed by atoms with van der Waals surface area (Å²) in [5.74, 6) is 2.04. The maximum atomic E-state index is 5.42. The summed E-state index contributed by atoms with van der Waals surface area (Å²) < 4.78 is 12.5. The van der Waals surface area contributed by atoms with E-state index in [-0.39, 0.29) is 0 Å². The van der Waals surface area contributed by atoms with Gasteiger partial charge in [-0.3, -0.25) is 9.58 Å². The summed E-state index contributed by atoms with van der Waals surface area (Å²) in [5.41, 5.74) is 0.889. The molecule has 130 valence electrons. The van der Waals surface area contributed by atoms with E-state index in [2.05, 4.69) is 25.1 Å². The Labute approximate surface area is 145 Å². The molecular formula is C17H20N6O2. The van der Waals surface area contributed by atoms with Gasteiger partial charge in [0.2, 0.25) is 0 Å². The number of aromatic nitrogens is 5. The fraction of sp³-hybridized carbons (Fsp3) is 0.412. The van der Waals surface area contributed by atoms with Crippen molar-refractivity contribution in [2.24, 2.45) is 0 Å². The van der Waals surface area contributed by atoms with Crippen LogP contribution in [-0.4, -0.2) is 49.5 Å². The zero-order valence-corrected chi connectivity index (χ0v) is 14.1. The predicted octanol–water partition coefficient (Wildman–Crippen LogP) is 2.00. The lowest BCUT2D eigenvalue weighted by Crippen LogP contribution is -2.33. The molecule has 0 saturated carbocycles. The molecule has 2 aromatic heterocycles. The van der Waals surface area contributed by atoms with Crippen LogP contribution in [0.1, 0.15) is 18.7 Å². The first kappa shape index (κ1) is 15.8. The Hall–Kier alpha value is -2.74. The molecule has 0 bridgehead atoms. The average Bonchev–Trinajstić information content (AvgIpc) is 3.39. The third-order valence-electron chi connectivity index (χ3n) is 4.51. The largest absolute Gasteiger partial charge is 0.497 e. The highest BCUT2D eigenvalue weighted by molar-refractivity contribution is 5.54. The van der Waals surface area contributed by atoms with Gasteiger partial charge in [-0.25, -0.2) is 4.98 Å². The van der Waals surface area contributed by atoms with E-state index in [9.17, 15) is 0 Å². The number of ether oxygens (including phenoxy) is 1.